The minimum absolute atomic E-state index is 0.0618. The second kappa shape index (κ2) is 8.55. The van der Waals surface area contributed by atoms with Crippen molar-refractivity contribution in [3.63, 3.8) is 0 Å². The van der Waals surface area contributed by atoms with Crippen molar-refractivity contribution in [2.45, 2.75) is 5.92 Å². The minimum Gasteiger partial charge on any atom is -0.504 e. The maximum Gasteiger partial charge on any atom is 0.244 e. The Hall–Kier alpha value is -4.52. The lowest BCUT2D eigenvalue weighted by Crippen LogP contribution is -2.21. The van der Waals surface area contributed by atoms with E-state index in [4.69, 9.17) is 29.4 Å². The van der Waals surface area contributed by atoms with E-state index < -0.39 is 5.92 Å². The maximum absolute atomic E-state index is 10.4. The molecule has 1 aromatic heterocycles. The average Bonchev–Trinajstić information content (AvgIpc) is 3.25. The number of rotatable bonds is 6. The molecule has 0 saturated carbocycles. The first-order chi connectivity index (χ1) is 16.0. The van der Waals surface area contributed by atoms with Crippen LogP contribution in [0, 0.1) is 11.3 Å². The third-order valence-corrected chi connectivity index (χ3v) is 5.43. The predicted octanol–water partition coefficient (Wildman–Crippen LogP) is 3.03. The Morgan fingerprint density at radius 3 is 2.24 bits per heavy atom. The van der Waals surface area contributed by atoms with Crippen molar-refractivity contribution in [1.82, 2.24) is 10.2 Å². The Kier molecular flexibility index (Phi) is 5.62. The molecular formula is C23H22N4O6. The van der Waals surface area contributed by atoms with Crippen LogP contribution in [0.4, 0.5) is 0 Å². The number of aromatic hydroxyl groups is 1. The fourth-order valence-corrected chi connectivity index (χ4v) is 3.91. The van der Waals surface area contributed by atoms with Crippen molar-refractivity contribution in [3.8, 4) is 52.0 Å². The highest BCUT2D eigenvalue weighted by Crippen LogP contribution is 2.49. The fourth-order valence-electron chi connectivity index (χ4n) is 3.91. The lowest BCUT2D eigenvalue weighted by molar-refractivity contribution is 0.324. The predicted molar refractivity (Wildman–Crippen MR) is 118 cm³/mol. The number of fused-ring (bicyclic) bond motifs is 1. The van der Waals surface area contributed by atoms with Crippen LogP contribution in [-0.4, -0.2) is 43.7 Å². The molecule has 170 valence electrons. The van der Waals surface area contributed by atoms with Crippen LogP contribution in [-0.2, 0) is 0 Å². The van der Waals surface area contributed by atoms with Gasteiger partial charge in [0.25, 0.3) is 0 Å². The van der Waals surface area contributed by atoms with Crippen molar-refractivity contribution in [3.05, 3.63) is 52.9 Å². The normalized spacial score (nSPS) is 14.7. The Bertz CT molecular complexity index is 1270. The van der Waals surface area contributed by atoms with Gasteiger partial charge in [0, 0.05) is 5.56 Å². The first kappa shape index (κ1) is 21.7. The van der Waals surface area contributed by atoms with E-state index in [0.717, 1.165) is 0 Å². The quantitative estimate of drug-likeness (QED) is 0.516. The number of nitrogens with zero attached hydrogens (tertiary/aromatic N) is 2. The molecule has 1 atom stereocenters. The first-order valence-corrected chi connectivity index (χ1v) is 9.80. The highest BCUT2D eigenvalue weighted by molar-refractivity contribution is 5.75. The molecule has 3 aromatic rings. The van der Waals surface area contributed by atoms with Crippen LogP contribution < -0.4 is 29.4 Å². The molecule has 0 bridgehead atoms. The van der Waals surface area contributed by atoms with Gasteiger partial charge in [-0.05, 0) is 29.8 Å². The summed E-state index contributed by atoms with van der Waals surface area (Å²) >= 11 is 0. The van der Waals surface area contributed by atoms with Crippen LogP contribution in [0.1, 0.15) is 17.0 Å². The molecule has 0 aliphatic carbocycles. The van der Waals surface area contributed by atoms with E-state index in [1.165, 1.54) is 34.5 Å². The van der Waals surface area contributed by atoms with Gasteiger partial charge in [-0.3, -0.25) is 5.10 Å². The number of H-pyrrole nitrogens is 1. The maximum atomic E-state index is 10.4. The standard InChI is InChI=1S/C23H22N4O6/c1-29-15-6-5-11(7-14(15)28)18-13(10-24)22(25)33-23-19(18)20(26-27-23)12-8-16(30-2)21(32-4)17(9-12)31-3/h5-9,18,28H,25H2,1-4H3,(H,26,27). The van der Waals surface area contributed by atoms with Gasteiger partial charge in [-0.15, -0.1) is 5.10 Å². The van der Waals surface area contributed by atoms with E-state index in [1.807, 2.05) is 0 Å². The molecule has 0 saturated heterocycles. The number of benzene rings is 2. The Balaban J connectivity index is 1.95. The number of phenolic OH excluding ortho intramolecular Hbond substituents is 1. The zero-order valence-electron chi connectivity index (χ0n) is 18.4. The van der Waals surface area contributed by atoms with Crippen molar-refractivity contribution in [2.75, 3.05) is 28.4 Å². The number of phenols is 1. The number of nitrogens with two attached hydrogens (primary N) is 1. The summed E-state index contributed by atoms with van der Waals surface area (Å²) in [7, 11) is 6.02. The highest BCUT2D eigenvalue weighted by Gasteiger charge is 2.36. The zero-order chi connectivity index (χ0) is 23.7. The Morgan fingerprint density at radius 1 is 1.03 bits per heavy atom. The van der Waals surface area contributed by atoms with Crippen LogP contribution >= 0.6 is 0 Å². The number of aromatic nitrogens is 2. The molecule has 0 amide bonds. The highest BCUT2D eigenvalue weighted by atomic mass is 16.5. The number of ether oxygens (including phenoxy) is 5. The molecular weight excluding hydrogens is 428 g/mol. The third-order valence-electron chi connectivity index (χ3n) is 5.43. The van der Waals surface area contributed by atoms with Gasteiger partial charge in [0.05, 0.1) is 45.6 Å². The van der Waals surface area contributed by atoms with Crippen LogP contribution in [0.15, 0.2) is 41.8 Å². The molecule has 1 unspecified atom stereocenters. The SMILES string of the molecule is COc1ccc(C2C(C#N)=C(N)Oc3n[nH]c(-c4cc(OC)c(OC)c(OC)c4)c32)cc1O. The second-order valence-electron chi connectivity index (χ2n) is 7.09. The summed E-state index contributed by atoms with van der Waals surface area (Å²) in [6.45, 7) is 0. The molecule has 4 rings (SSSR count). The third kappa shape index (κ3) is 3.49. The van der Waals surface area contributed by atoms with Crippen molar-refractivity contribution >= 4 is 0 Å². The van der Waals surface area contributed by atoms with Gasteiger partial charge in [-0.2, -0.15) is 5.26 Å². The molecule has 1 aliphatic heterocycles. The molecule has 2 aromatic carbocycles. The number of hydrogen-bond acceptors (Lipinski definition) is 9. The molecule has 10 heteroatoms. The van der Waals surface area contributed by atoms with E-state index in [1.54, 1.807) is 24.3 Å². The van der Waals surface area contributed by atoms with E-state index in [2.05, 4.69) is 16.3 Å². The summed E-state index contributed by atoms with van der Waals surface area (Å²) in [6, 6.07) is 10.5. The number of nitriles is 1. The largest absolute Gasteiger partial charge is 0.504 e. The second-order valence-corrected chi connectivity index (χ2v) is 7.09. The summed E-state index contributed by atoms with van der Waals surface area (Å²) in [6.07, 6.45) is 0. The summed E-state index contributed by atoms with van der Waals surface area (Å²) in [5, 5.41) is 27.5. The van der Waals surface area contributed by atoms with E-state index >= 15 is 0 Å². The van der Waals surface area contributed by atoms with Crippen molar-refractivity contribution in [2.24, 2.45) is 5.73 Å². The Labute approximate surface area is 189 Å². The lowest BCUT2D eigenvalue weighted by Gasteiger charge is -2.24. The smallest absolute Gasteiger partial charge is 0.244 e. The molecule has 0 fully saturated rings. The molecule has 4 N–H and O–H groups in total. The van der Waals surface area contributed by atoms with Gasteiger partial charge in [0.2, 0.25) is 17.5 Å². The average molecular weight is 450 g/mol. The monoisotopic (exact) mass is 450 g/mol. The van der Waals surface area contributed by atoms with Gasteiger partial charge in [0.1, 0.15) is 11.6 Å². The summed E-state index contributed by atoms with van der Waals surface area (Å²) < 4.78 is 27.1. The number of nitrogens with one attached hydrogen (secondary N) is 1. The Morgan fingerprint density at radius 2 is 1.70 bits per heavy atom. The minimum atomic E-state index is -0.664. The van der Waals surface area contributed by atoms with Gasteiger partial charge in [-0.25, -0.2) is 0 Å². The molecule has 33 heavy (non-hydrogen) atoms. The molecule has 0 spiro atoms. The fraction of sp³-hybridized carbons (Fsp3) is 0.217. The van der Waals surface area contributed by atoms with Gasteiger partial charge < -0.3 is 34.5 Å². The molecule has 2 heterocycles. The summed E-state index contributed by atoms with van der Waals surface area (Å²) in [5.74, 6) is 1.05. The van der Waals surface area contributed by atoms with E-state index in [-0.39, 0.29) is 23.1 Å². The topological polar surface area (TPSA) is 145 Å². The zero-order valence-corrected chi connectivity index (χ0v) is 18.4. The summed E-state index contributed by atoms with van der Waals surface area (Å²) in [5.41, 5.74) is 8.61. The van der Waals surface area contributed by atoms with Gasteiger partial charge >= 0.3 is 0 Å². The van der Waals surface area contributed by atoms with Crippen molar-refractivity contribution in [1.29, 1.82) is 5.26 Å². The lowest BCUT2D eigenvalue weighted by atomic mass is 9.83. The van der Waals surface area contributed by atoms with Crippen molar-refractivity contribution < 1.29 is 28.8 Å². The van der Waals surface area contributed by atoms with Crippen LogP contribution in [0.25, 0.3) is 11.3 Å². The molecule has 1 aliphatic rings. The van der Waals surface area contributed by atoms with Gasteiger partial charge in [0.15, 0.2) is 23.0 Å². The van der Waals surface area contributed by atoms with Crippen LogP contribution in [0.2, 0.25) is 0 Å². The van der Waals surface area contributed by atoms with E-state index in [0.29, 0.717) is 45.4 Å². The van der Waals surface area contributed by atoms with Gasteiger partial charge in [-0.1, -0.05) is 6.07 Å². The molecule has 0 radical (unpaired) electrons. The van der Waals surface area contributed by atoms with Crippen LogP contribution in [0.5, 0.6) is 34.6 Å². The van der Waals surface area contributed by atoms with E-state index in [9.17, 15) is 10.4 Å². The van der Waals surface area contributed by atoms with Crippen LogP contribution in [0.3, 0.4) is 0 Å². The first-order valence-electron chi connectivity index (χ1n) is 9.80. The number of allylic oxidation sites excluding steroid dienone is 1. The number of aromatic amines is 1. The number of hydrogen-bond donors (Lipinski definition) is 3. The number of methoxy groups -OCH3 is 4. The molecule has 10 nitrogen and oxygen atoms in total. The summed E-state index contributed by atoms with van der Waals surface area (Å²) in [4.78, 5) is 0.